The molecule has 2 aromatic heterocycles. The molecule has 78 valence electrons. The number of halogens is 1. The molecule has 0 saturated heterocycles. The highest BCUT2D eigenvalue weighted by atomic mass is 79.9. The van der Waals surface area contributed by atoms with Crippen LogP contribution < -0.4 is 0 Å². The van der Waals surface area contributed by atoms with Crippen molar-refractivity contribution in [1.29, 1.82) is 0 Å². The van der Waals surface area contributed by atoms with Crippen molar-refractivity contribution < 1.29 is 0 Å². The molecule has 2 aromatic rings. The van der Waals surface area contributed by atoms with Crippen LogP contribution in [0.15, 0.2) is 33.1 Å². The van der Waals surface area contributed by atoms with Crippen molar-refractivity contribution in [3.63, 3.8) is 0 Å². The van der Waals surface area contributed by atoms with E-state index < -0.39 is 0 Å². The highest BCUT2D eigenvalue weighted by Crippen LogP contribution is 2.30. The Hall–Kier alpha value is -0.880. The topological polar surface area (TPSA) is 43.6 Å². The maximum Gasteiger partial charge on any atom is 0.120 e. The van der Waals surface area contributed by atoms with Crippen LogP contribution in [0.5, 0.6) is 0 Å². The Balaban J connectivity index is 2.29. The minimum atomic E-state index is 0.896. The van der Waals surface area contributed by atoms with Crippen LogP contribution in [-0.2, 0) is 7.05 Å². The Morgan fingerprint density at radius 2 is 2.27 bits per heavy atom. The lowest BCUT2D eigenvalue weighted by molar-refractivity contribution is 0.692. The molecule has 0 unspecified atom stereocenters. The molecule has 0 radical (unpaired) electrons. The fraction of sp³-hybridized carbons (Fsp3) is 0.222. The molecule has 15 heavy (non-hydrogen) atoms. The SMILES string of the molecule is Cc1cc(Sc2ncncc2Br)n(C)n1. The lowest BCUT2D eigenvalue weighted by Crippen LogP contribution is -1.93. The second kappa shape index (κ2) is 4.32. The smallest absolute Gasteiger partial charge is 0.120 e. The largest absolute Gasteiger partial charge is 0.261 e. The van der Waals surface area contributed by atoms with Crippen molar-refractivity contribution >= 4 is 27.7 Å². The maximum absolute atomic E-state index is 4.27. The van der Waals surface area contributed by atoms with E-state index in [1.54, 1.807) is 18.0 Å². The normalized spacial score (nSPS) is 10.6. The van der Waals surface area contributed by atoms with Gasteiger partial charge >= 0.3 is 0 Å². The minimum Gasteiger partial charge on any atom is -0.261 e. The third-order valence-electron chi connectivity index (χ3n) is 1.79. The Kier molecular flexibility index (Phi) is 3.06. The van der Waals surface area contributed by atoms with Crippen LogP contribution in [-0.4, -0.2) is 19.7 Å². The van der Waals surface area contributed by atoms with E-state index in [2.05, 4.69) is 31.0 Å². The summed E-state index contributed by atoms with van der Waals surface area (Å²) in [6.07, 6.45) is 3.27. The van der Waals surface area contributed by atoms with E-state index in [1.807, 2.05) is 24.7 Å². The molecule has 0 aromatic carbocycles. The molecule has 2 heterocycles. The van der Waals surface area contributed by atoms with E-state index in [4.69, 9.17) is 0 Å². The minimum absolute atomic E-state index is 0.896. The Morgan fingerprint density at radius 3 is 2.87 bits per heavy atom. The van der Waals surface area contributed by atoms with Crippen molar-refractivity contribution in [2.45, 2.75) is 17.0 Å². The van der Waals surface area contributed by atoms with Gasteiger partial charge < -0.3 is 0 Å². The Morgan fingerprint density at radius 1 is 1.47 bits per heavy atom. The number of nitrogens with zero attached hydrogens (tertiary/aromatic N) is 4. The molecular weight excluding hydrogens is 276 g/mol. The number of aryl methyl sites for hydroxylation is 2. The van der Waals surface area contributed by atoms with E-state index in [1.165, 1.54) is 6.33 Å². The number of aromatic nitrogens is 4. The summed E-state index contributed by atoms with van der Waals surface area (Å²) in [5, 5.41) is 6.23. The summed E-state index contributed by atoms with van der Waals surface area (Å²) >= 11 is 4.97. The van der Waals surface area contributed by atoms with Crippen molar-refractivity contribution in [2.75, 3.05) is 0 Å². The fourth-order valence-corrected chi connectivity index (χ4v) is 2.47. The summed E-state index contributed by atoms with van der Waals surface area (Å²) in [4.78, 5) is 8.11. The molecule has 0 aliphatic carbocycles. The van der Waals surface area contributed by atoms with E-state index in [0.717, 1.165) is 20.2 Å². The van der Waals surface area contributed by atoms with Crippen molar-refractivity contribution in [1.82, 2.24) is 19.7 Å². The summed E-state index contributed by atoms with van der Waals surface area (Å²) in [5.41, 5.74) is 1.00. The fourth-order valence-electron chi connectivity index (χ4n) is 1.16. The van der Waals surface area contributed by atoms with Gasteiger partial charge in [-0.25, -0.2) is 9.97 Å². The monoisotopic (exact) mass is 284 g/mol. The summed E-state index contributed by atoms with van der Waals surface area (Å²) in [6, 6.07) is 2.03. The zero-order valence-electron chi connectivity index (χ0n) is 8.31. The van der Waals surface area contributed by atoms with Crippen LogP contribution in [0.3, 0.4) is 0 Å². The summed E-state index contributed by atoms with van der Waals surface area (Å²) < 4.78 is 2.74. The standard InChI is InChI=1S/C9H9BrN4S/c1-6-3-8(14(2)13-6)15-9-7(10)4-11-5-12-9/h3-5H,1-2H3. The van der Waals surface area contributed by atoms with Gasteiger partial charge in [0.2, 0.25) is 0 Å². The van der Waals surface area contributed by atoms with Crippen molar-refractivity contribution in [2.24, 2.45) is 7.05 Å². The number of hydrogen-bond donors (Lipinski definition) is 0. The molecule has 6 heteroatoms. The van der Waals surface area contributed by atoms with Crippen molar-refractivity contribution in [3.8, 4) is 0 Å². The summed E-state index contributed by atoms with van der Waals surface area (Å²) in [5.74, 6) is 0. The molecule has 0 aliphatic heterocycles. The molecule has 4 nitrogen and oxygen atoms in total. The lowest BCUT2D eigenvalue weighted by Gasteiger charge is -2.01. The molecule has 0 bridgehead atoms. The van der Waals surface area contributed by atoms with Gasteiger partial charge in [0.1, 0.15) is 16.4 Å². The third kappa shape index (κ3) is 2.38. The molecule has 0 amide bonds. The van der Waals surface area contributed by atoms with Crippen LogP contribution in [0.25, 0.3) is 0 Å². The number of rotatable bonds is 2. The van der Waals surface area contributed by atoms with Crippen molar-refractivity contribution in [3.05, 3.63) is 28.8 Å². The lowest BCUT2D eigenvalue weighted by atomic mass is 10.5. The predicted octanol–water partition coefficient (Wildman–Crippen LogP) is 2.43. The van der Waals surface area contributed by atoms with Crippen LogP contribution in [0.1, 0.15) is 5.69 Å². The van der Waals surface area contributed by atoms with E-state index in [9.17, 15) is 0 Å². The van der Waals surface area contributed by atoms with E-state index >= 15 is 0 Å². The van der Waals surface area contributed by atoms with Crippen LogP contribution in [0.2, 0.25) is 0 Å². The van der Waals surface area contributed by atoms with Gasteiger partial charge in [-0.05, 0) is 40.7 Å². The van der Waals surface area contributed by atoms with Gasteiger partial charge in [-0.15, -0.1) is 0 Å². The Labute approximate surface area is 100 Å². The van der Waals surface area contributed by atoms with Crippen LogP contribution >= 0.6 is 27.7 Å². The average molecular weight is 285 g/mol. The molecule has 0 atom stereocenters. The molecular formula is C9H9BrN4S. The zero-order chi connectivity index (χ0) is 10.8. The number of hydrogen-bond acceptors (Lipinski definition) is 4. The molecule has 0 saturated carbocycles. The molecule has 0 fully saturated rings. The van der Waals surface area contributed by atoms with Gasteiger partial charge in [0.05, 0.1) is 10.2 Å². The van der Waals surface area contributed by atoms with E-state index in [0.29, 0.717) is 0 Å². The van der Waals surface area contributed by atoms with Gasteiger partial charge in [0, 0.05) is 13.2 Å². The van der Waals surface area contributed by atoms with Gasteiger partial charge in [-0.2, -0.15) is 5.10 Å². The Bertz CT molecular complexity index is 483. The first-order chi connectivity index (χ1) is 7.16. The molecule has 0 aliphatic rings. The van der Waals surface area contributed by atoms with Gasteiger partial charge in [-0.1, -0.05) is 0 Å². The molecule has 2 rings (SSSR count). The van der Waals surface area contributed by atoms with Crippen LogP contribution in [0.4, 0.5) is 0 Å². The average Bonchev–Trinajstić information content (AvgIpc) is 2.49. The highest BCUT2D eigenvalue weighted by Gasteiger charge is 2.07. The first-order valence-electron chi connectivity index (χ1n) is 4.31. The first-order valence-corrected chi connectivity index (χ1v) is 5.92. The quantitative estimate of drug-likeness (QED) is 0.795. The second-order valence-electron chi connectivity index (χ2n) is 3.03. The maximum atomic E-state index is 4.27. The predicted molar refractivity (Wildman–Crippen MR) is 61.8 cm³/mol. The second-order valence-corrected chi connectivity index (χ2v) is 4.89. The van der Waals surface area contributed by atoms with Crippen LogP contribution in [0, 0.1) is 6.92 Å². The molecule has 0 spiro atoms. The third-order valence-corrected chi connectivity index (χ3v) is 3.75. The van der Waals surface area contributed by atoms with Gasteiger partial charge in [-0.3, -0.25) is 4.68 Å². The van der Waals surface area contributed by atoms with Gasteiger partial charge in [0.25, 0.3) is 0 Å². The summed E-state index contributed by atoms with van der Waals surface area (Å²) in [7, 11) is 1.92. The first kappa shape index (κ1) is 10.6. The summed E-state index contributed by atoms with van der Waals surface area (Å²) in [6.45, 7) is 1.97. The highest BCUT2D eigenvalue weighted by molar-refractivity contribution is 9.10. The van der Waals surface area contributed by atoms with Gasteiger partial charge in [0.15, 0.2) is 0 Å². The van der Waals surface area contributed by atoms with E-state index in [-0.39, 0.29) is 0 Å². The zero-order valence-corrected chi connectivity index (χ0v) is 10.7. The molecule has 0 N–H and O–H groups in total.